The van der Waals surface area contributed by atoms with E-state index in [2.05, 4.69) is 17.4 Å². The van der Waals surface area contributed by atoms with Gasteiger partial charge in [0.25, 0.3) is 0 Å². The number of benzene rings is 2. The summed E-state index contributed by atoms with van der Waals surface area (Å²) >= 11 is 12.2. The SMILES string of the molecule is CNC(=O)C(C)N(Cc1ccc(Cl)c(Cl)c1)C(=O)CN(c1ccc(C23CC4CC(CC(C4)C2)C3)cc1)S(C)(=O)=O. The third-order valence-corrected chi connectivity index (χ3v) is 11.1. The van der Waals surface area contributed by atoms with Crippen molar-refractivity contribution in [2.75, 3.05) is 24.2 Å². The fourth-order valence-electron chi connectivity index (χ4n) is 7.69. The number of hydrogen-bond donors (Lipinski definition) is 1. The van der Waals surface area contributed by atoms with Gasteiger partial charge in [-0.25, -0.2) is 8.42 Å². The number of amides is 2. The van der Waals surface area contributed by atoms with Crippen LogP contribution in [0.3, 0.4) is 0 Å². The fraction of sp³-hybridized carbons (Fsp3) is 0.533. The highest BCUT2D eigenvalue weighted by Gasteiger charge is 2.51. The van der Waals surface area contributed by atoms with E-state index >= 15 is 0 Å². The van der Waals surface area contributed by atoms with Gasteiger partial charge in [0.05, 0.1) is 22.0 Å². The van der Waals surface area contributed by atoms with Crippen molar-refractivity contribution < 1.29 is 18.0 Å². The number of nitrogens with one attached hydrogen (secondary N) is 1. The van der Waals surface area contributed by atoms with Crippen molar-refractivity contribution in [3.05, 3.63) is 63.6 Å². The lowest BCUT2D eigenvalue weighted by atomic mass is 9.48. The number of nitrogens with zero attached hydrogens (tertiary/aromatic N) is 2. The number of rotatable bonds is 9. The molecule has 0 aromatic heterocycles. The number of likely N-dealkylation sites (N-methyl/N-ethyl adjacent to an activating group) is 1. The molecule has 4 aliphatic carbocycles. The molecule has 216 valence electrons. The first-order chi connectivity index (χ1) is 18.9. The van der Waals surface area contributed by atoms with Crippen LogP contribution in [0.5, 0.6) is 0 Å². The van der Waals surface area contributed by atoms with Gasteiger partial charge in [0.1, 0.15) is 12.6 Å². The van der Waals surface area contributed by atoms with Crippen molar-refractivity contribution in [3.8, 4) is 0 Å². The third kappa shape index (κ3) is 5.86. The van der Waals surface area contributed by atoms with Gasteiger partial charge in [-0.2, -0.15) is 0 Å². The summed E-state index contributed by atoms with van der Waals surface area (Å²) in [6.07, 6.45) is 8.81. The first-order valence-electron chi connectivity index (χ1n) is 13.9. The van der Waals surface area contributed by atoms with E-state index in [-0.39, 0.29) is 17.9 Å². The molecule has 4 fully saturated rings. The van der Waals surface area contributed by atoms with Gasteiger partial charge < -0.3 is 10.2 Å². The molecule has 2 amide bonds. The summed E-state index contributed by atoms with van der Waals surface area (Å²) in [6, 6.07) is 11.9. The largest absolute Gasteiger partial charge is 0.357 e. The smallest absolute Gasteiger partial charge is 0.244 e. The monoisotopic (exact) mass is 605 g/mol. The molecule has 1 atom stereocenters. The quantitative estimate of drug-likeness (QED) is 0.415. The lowest BCUT2D eigenvalue weighted by Crippen LogP contribution is -2.50. The Hall–Kier alpha value is -2.29. The van der Waals surface area contributed by atoms with Crippen LogP contribution in [0.1, 0.15) is 56.6 Å². The maximum absolute atomic E-state index is 13.7. The first kappa shape index (κ1) is 29.2. The molecule has 2 aromatic rings. The van der Waals surface area contributed by atoms with Crippen LogP contribution >= 0.6 is 23.2 Å². The maximum Gasteiger partial charge on any atom is 0.244 e. The second-order valence-corrected chi connectivity index (χ2v) is 14.8. The number of anilines is 1. The predicted molar refractivity (Wildman–Crippen MR) is 159 cm³/mol. The second-order valence-electron chi connectivity index (χ2n) is 12.1. The molecule has 0 saturated heterocycles. The molecule has 0 spiro atoms. The molecule has 4 aliphatic rings. The number of hydrogen-bond acceptors (Lipinski definition) is 4. The summed E-state index contributed by atoms with van der Waals surface area (Å²) < 4.78 is 27.0. The normalized spacial score (nSPS) is 25.9. The van der Waals surface area contributed by atoms with E-state index in [9.17, 15) is 18.0 Å². The molecule has 0 radical (unpaired) electrons. The van der Waals surface area contributed by atoms with Crippen molar-refractivity contribution in [3.63, 3.8) is 0 Å². The van der Waals surface area contributed by atoms with E-state index < -0.39 is 28.5 Å². The first-order valence-corrected chi connectivity index (χ1v) is 16.5. The molecular weight excluding hydrogens is 569 g/mol. The van der Waals surface area contributed by atoms with E-state index in [1.165, 1.54) is 56.0 Å². The summed E-state index contributed by atoms with van der Waals surface area (Å²) in [4.78, 5) is 27.6. The zero-order valence-corrected chi connectivity index (χ0v) is 25.5. The molecular formula is C30H37Cl2N3O4S. The molecule has 0 heterocycles. The number of sulfonamides is 1. The van der Waals surface area contributed by atoms with Crippen molar-refractivity contribution in [2.24, 2.45) is 17.8 Å². The highest BCUT2D eigenvalue weighted by Crippen LogP contribution is 2.60. The zero-order chi connectivity index (χ0) is 28.8. The van der Waals surface area contributed by atoms with Gasteiger partial charge in [0, 0.05) is 13.6 Å². The third-order valence-electron chi connectivity index (χ3n) is 9.24. The van der Waals surface area contributed by atoms with E-state index in [1.54, 1.807) is 25.1 Å². The average molecular weight is 607 g/mol. The summed E-state index contributed by atoms with van der Waals surface area (Å²) in [5.74, 6) is 1.55. The van der Waals surface area contributed by atoms with E-state index in [0.717, 1.165) is 28.3 Å². The Balaban J connectivity index is 1.39. The average Bonchev–Trinajstić information content (AvgIpc) is 2.90. The molecule has 6 rings (SSSR count). The molecule has 4 saturated carbocycles. The molecule has 7 nitrogen and oxygen atoms in total. The fourth-order valence-corrected chi connectivity index (χ4v) is 8.86. The molecule has 0 aliphatic heterocycles. The minimum atomic E-state index is -3.79. The summed E-state index contributed by atoms with van der Waals surface area (Å²) in [7, 11) is -2.30. The zero-order valence-electron chi connectivity index (χ0n) is 23.2. The van der Waals surface area contributed by atoms with Gasteiger partial charge in [0.2, 0.25) is 21.8 Å². The number of carbonyl (C=O) groups is 2. The van der Waals surface area contributed by atoms with Crippen LogP contribution in [-0.2, 0) is 31.6 Å². The Morgan fingerprint density at radius 1 is 0.975 bits per heavy atom. The standard InChI is InChI=1S/C30H37Cl2N3O4S/c1-19(29(37)33-2)34(17-20-4-9-26(31)27(32)13-20)28(36)18-35(40(3,38)39)25-7-5-24(6-8-25)30-14-21-10-22(15-30)12-23(11-21)16-30/h4-9,13,19,21-23H,10-12,14-18H2,1-3H3,(H,33,37). The minimum Gasteiger partial charge on any atom is -0.357 e. The Morgan fingerprint density at radius 3 is 2.05 bits per heavy atom. The second kappa shape index (κ2) is 11.2. The molecule has 1 unspecified atom stereocenters. The van der Waals surface area contributed by atoms with Crippen molar-refractivity contribution in [1.29, 1.82) is 0 Å². The van der Waals surface area contributed by atoms with Gasteiger partial charge >= 0.3 is 0 Å². The summed E-state index contributed by atoms with van der Waals surface area (Å²) in [5, 5.41) is 3.28. The van der Waals surface area contributed by atoms with Crippen LogP contribution < -0.4 is 9.62 Å². The Kier molecular flexibility index (Phi) is 8.16. The topological polar surface area (TPSA) is 86.8 Å². The van der Waals surface area contributed by atoms with Crippen LogP contribution in [0.4, 0.5) is 5.69 Å². The van der Waals surface area contributed by atoms with Crippen molar-refractivity contribution in [1.82, 2.24) is 10.2 Å². The van der Waals surface area contributed by atoms with Crippen LogP contribution in [0.2, 0.25) is 10.0 Å². The Bertz CT molecular complexity index is 1360. The molecule has 40 heavy (non-hydrogen) atoms. The number of carbonyl (C=O) groups excluding carboxylic acids is 2. The van der Waals surface area contributed by atoms with Crippen LogP contribution in [0.15, 0.2) is 42.5 Å². The van der Waals surface area contributed by atoms with Crippen LogP contribution in [0.25, 0.3) is 0 Å². The Morgan fingerprint density at radius 2 is 1.55 bits per heavy atom. The molecule has 4 bridgehead atoms. The maximum atomic E-state index is 13.7. The van der Waals surface area contributed by atoms with Crippen LogP contribution in [0, 0.1) is 17.8 Å². The van der Waals surface area contributed by atoms with Crippen LogP contribution in [-0.4, -0.2) is 51.0 Å². The minimum absolute atomic E-state index is 0.0624. The predicted octanol–water partition coefficient (Wildman–Crippen LogP) is 5.39. The highest BCUT2D eigenvalue weighted by molar-refractivity contribution is 7.92. The summed E-state index contributed by atoms with van der Waals surface area (Å²) in [5.41, 5.74) is 2.58. The molecule has 10 heteroatoms. The van der Waals surface area contributed by atoms with Gasteiger partial charge in [0.15, 0.2) is 0 Å². The van der Waals surface area contributed by atoms with Gasteiger partial charge in [-0.3, -0.25) is 13.9 Å². The number of halogens is 2. The molecule has 1 N–H and O–H groups in total. The highest BCUT2D eigenvalue weighted by atomic mass is 35.5. The van der Waals surface area contributed by atoms with Gasteiger partial charge in [-0.15, -0.1) is 0 Å². The lowest BCUT2D eigenvalue weighted by molar-refractivity contribution is -0.139. The van der Waals surface area contributed by atoms with E-state index in [4.69, 9.17) is 23.2 Å². The van der Waals surface area contributed by atoms with Gasteiger partial charge in [-0.1, -0.05) is 41.4 Å². The Labute approximate surface area is 247 Å². The molecule has 2 aromatic carbocycles. The van der Waals surface area contributed by atoms with Crippen molar-refractivity contribution >= 4 is 50.7 Å². The van der Waals surface area contributed by atoms with Gasteiger partial charge in [-0.05, 0) is 104 Å². The van der Waals surface area contributed by atoms with Crippen molar-refractivity contribution in [2.45, 2.75) is 63.5 Å². The van der Waals surface area contributed by atoms with E-state index in [1.807, 2.05) is 12.1 Å². The lowest BCUT2D eigenvalue weighted by Gasteiger charge is -2.57. The summed E-state index contributed by atoms with van der Waals surface area (Å²) in [6.45, 7) is 1.24. The van der Waals surface area contributed by atoms with E-state index in [0.29, 0.717) is 21.3 Å².